The Hall–Kier alpha value is -1.60. The molecule has 0 aliphatic carbocycles. The fraction of sp³-hybridized carbons (Fsp3) is 0.667. The third-order valence-electron chi connectivity index (χ3n) is 5.00. The molecule has 3 heterocycles. The summed E-state index contributed by atoms with van der Waals surface area (Å²) in [7, 11) is 0. The van der Waals surface area contributed by atoms with Gasteiger partial charge in [-0.25, -0.2) is 4.98 Å². The minimum absolute atomic E-state index is 0.447. The molecule has 0 amide bonds. The van der Waals surface area contributed by atoms with Gasteiger partial charge in [0.1, 0.15) is 11.9 Å². The summed E-state index contributed by atoms with van der Waals surface area (Å²) in [5.41, 5.74) is 1.08. The quantitative estimate of drug-likeness (QED) is 0.860. The second-order valence-corrected chi connectivity index (χ2v) is 7.42. The first kappa shape index (κ1) is 15.3. The second kappa shape index (κ2) is 6.26. The Morgan fingerprint density at radius 1 is 1.27 bits per heavy atom. The number of nitriles is 1. The van der Waals surface area contributed by atoms with Gasteiger partial charge in [0.15, 0.2) is 0 Å². The molecule has 0 saturated carbocycles. The van der Waals surface area contributed by atoms with Crippen molar-refractivity contribution in [1.82, 2.24) is 9.88 Å². The van der Waals surface area contributed by atoms with Crippen LogP contribution in [0, 0.1) is 22.7 Å². The summed E-state index contributed by atoms with van der Waals surface area (Å²) in [6, 6.07) is 6.00. The average Bonchev–Trinajstić information content (AvgIpc) is 2.90. The van der Waals surface area contributed by atoms with Crippen molar-refractivity contribution < 1.29 is 0 Å². The Morgan fingerprint density at radius 2 is 2.14 bits per heavy atom. The lowest BCUT2D eigenvalue weighted by Gasteiger charge is -2.41. The van der Waals surface area contributed by atoms with Crippen LogP contribution in [0.3, 0.4) is 0 Å². The Kier molecular flexibility index (Phi) is 4.35. The molecule has 2 saturated heterocycles. The summed E-state index contributed by atoms with van der Waals surface area (Å²) in [5, 5.41) is 8.88. The van der Waals surface area contributed by atoms with Gasteiger partial charge in [0.05, 0.1) is 5.56 Å². The van der Waals surface area contributed by atoms with Crippen molar-refractivity contribution in [1.29, 1.82) is 5.26 Å². The molecule has 4 heteroatoms. The number of hydrogen-bond donors (Lipinski definition) is 0. The predicted octanol–water partition coefficient (Wildman–Crippen LogP) is 2.90. The topological polar surface area (TPSA) is 43.2 Å². The zero-order valence-electron chi connectivity index (χ0n) is 13.8. The Bertz CT molecular complexity index is 545. The number of likely N-dealkylation sites (tertiary alicyclic amines) is 1. The highest BCUT2D eigenvalue weighted by Gasteiger charge is 2.41. The number of pyridine rings is 1. The molecule has 2 aliphatic heterocycles. The van der Waals surface area contributed by atoms with Crippen LogP contribution in [0.25, 0.3) is 0 Å². The van der Waals surface area contributed by atoms with Crippen LogP contribution in [0.2, 0.25) is 0 Å². The highest BCUT2D eigenvalue weighted by molar-refractivity contribution is 5.43. The van der Waals surface area contributed by atoms with Gasteiger partial charge < -0.3 is 9.80 Å². The van der Waals surface area contributed by atoms with Gasteiger partial charge in [0, 0.05) is 37.8 Å². The number of anilines is 1. The lowest BCUT2D eigenvalue weighted by molar-refractivity contribution is 0.0951. The van der Waals surface area contributed by atoms with Crippen molar-refractivity contribution >= 4 is 5.82 Å². The standard InChI is InChI=1S/C18H26N4/c1-15(2)12-21-8-3-6-18(13-21)7-9-22(14-18)17-5-4-16(10-19)11-20-17/h4-5,11,15H,3,6-9,12-14H2,1-2H3. The molecule has 4 nitrogen and oxygen atoms in total. The van der Waals surface area contributed by atoms with E-state index in [1.807, 2.05) is 12.1 Å². The molecule has 0 bridgehead atoms. The SMILES string of the molecule is CC(C)CN1CCCC2(CCN(c3ccc(C#N)cn3)C2)C1. The maximum Gasteiger partial charge on any atom is 0.128 e. The number of nitrogens with zero attached hydrogens (tertiary/aromatic N) is 4. The monoisotopic (exact) mass is 298 g/mol. The van der Waals surface area contributed by atoms with Crippen molar-refractivity contribution in [3.05, 3.63) is 23.9 Å². The first-order valence-electron chi connectivity index (χ1n) is 8.44. The van der Waals surface area contributed by atoms with Crippen LogP contribution in [0.1, 0.15) is 38.7 Å². The first-order chi connectivity index (χ1) is 10.6. The Labute approximate surface area is 133 Å². The van der Waals surface area contributed by atoms with Crippen LogP contribution >= 0.6 is 0 Å². The molecule has 1 atom stereocenters. The van der Waals surface area contributed by atoms with E-state index in [2.05, 4.69) is 34.7 Å². The fourth-order valence-corrected chi connectivity index (χ4v) is 4.09. The highest BCUT2D eigenvalue weighted by Crippen LogP contribution is 2.40. The molecular weight excluding hydrogens is 272 g/mol. The van der Waals surface area contributed by atoms with Crippen molar-refractivity contribution in [2.45, 2.75) is 33.1 Å². The molecule has 2 aliphatic rings. The number of rotatable bonds is 3. The van der Waals surface area contributed by atoms with Crippen LogP contribution in [-0.4, -0.2) is 42.6 Å². The molecule has 22 heavy (non-hydrogen) atoms. The van der Waals surface area contributed by atoms with Gasteiger partial charge in [-0.05, 0) is 43.9 Å². The molecule has 3 rings (SSSR count). The summed E-state index contributed by atoms with van der Waals surface area (Å²) in [6.07, 6.45) is 5.62. The molecule has 0 N–H and O–H groups in total. The van der Waals surface area contributed by atoms with Gasteiger partial charge in [-0.3, -0.25) is 0 Å². The second-order valence-electron chi connectivity index (χ2n) is 7.42. The van der Waals surface area contributed by atoms with E-state index >= 15 is 0 Å². The molecule has 2 fully saturated rings. The zero-order valence-corrected chi connectivity index (χ0v) is 13.8. The average molecular weight is 298 g/mol. The van der Waals surface area contributed by atoms with Crippen molar-refractivity contribution in [2.24, 2.45) is 11.3 Å². The summed E-state index contributed by atoms with van der Waals surface area (Å²) < 4.78 is 0. The maximum absolute atomic E-state index is 8.88. The summed E-state index contributed by atoms with van der Waals surface area (Å²) >= 11 is 0. The molecule has 1 spiro atoms. The minimum atomic E-state index is 0.447. The summed E-state index contributed by atoms with van der Waals surface area (Å²) in [5.74, 6) is 1.77. The van der Waals surface area contributed by atoms with Gasteiger partial charge in [0.2, 0.25) is 0 Å². The van der Waals surface area contributed by atoms with Crippen molar-refractivity contribution in [3.63, 3.8) is 0 Å². The first-order valence-corrected chi connectivity index (χ1v) is 8.44. The minimum Gasteiger partial charge on any atom is -0.356 e. The van der Waals surface area contributed by atoms with E-state index in [9.17, 15) is 0 Å². The van der Waals surface area contributed by atoms with E-state index in [0.717, 1.165) is 24.8 Å². The van der Waals surface area contributed by atoms with Gasteiger partial charge >= 0.3 is 0 Å². The van der Waals surface area contributed by atoms with Gasteiger partial charge in [-0.15, -0.1) is 0 Å². The Morgan fingerprint density at radius 3 is 2.82 bits per heavy atom. The van der Waals surface area contributed by atoms with E-state index < -0.39 is 0 Å². The van der Waals surface area contributed by atoms with Gasteiger partial charge in [0.25, 0.3) is 0 Å². The molecule has 1 aromatic heterocycles. The van der Waals surface area contributed by atoms with Crippen LogP contribution in [0.15, 0.2) is 18.3 Å². The van der Waals surface area contributed by atoms with E-state index in [-0.39, 0.29) is 0 Å². The summed E-state index contributed by atoms with van der Waals surface area (Å²) in [4.78, 5) is 9.53. The van der Waals surface area contributed by atoms with Crippen LogP contribution in [0.5, 0.6) is 0 Å². The molecule has 1 aromatic rings. The Balaban J connectivity index is 1.66. The van der Waals surface area contributed by atoms with Crippen LogP contribution in [0.4, 0.5) is 5.82 Å². The van der Waals surface area contributed by atoms with E-state index in [0.29, 0.717) is 11.0 Å². The third kappa shape index (κ3) is 3.25. The largest absolute Gasteiger partial charge is 0.356 e. The van der Waals surface area contributed by atoms with Gasteiger partial charge in [-0.1, -0.05) is 13.8 Å². The predicted molar refractivity (Wildman–Crippen MR) is 88.7 cm³/mol. The lowest BCUT2D eigenvalue weighted by atomic mass is 9.79. The smallest absolute Gasteiger partial charge is 0.128 e. The van der Waals surface area contributed by atoms with Crippen molar-refractivity contribution in [3.8, 4) is 6.07 Å². The van der Waals surface area contributed by atoms with E-state index in [1.165, 1.54) is 38.9 Å². The third-order valence-corrected chi connectivity index (χ3v) is 5.00. The molecule has 0 radical (unpaired) electrons. The van der Waals surface area contributed by atoms with Crippen LogP contribution in [-0.2, 0) is 0 Å². The normalized spacial score (nSPS) is 25.8. The molecule has 0 aromatic carbocycles. The van der Waals surface area contributed by atoms with E-state index in [4.69, 9.17) is 5.26 Å². The van der Waals surface area contributed by atoms with Crippen molar-refractivity contribution in [2.75, 3.05) is 37.6 Å². The molecule has 1 unspecified atom stereocenters. The lowest BCUT2D eigenvalue weighted by Crippen LogP contribution is -2.46. The highest BCUT2D eigenvalue weighted by atomic mass is 15.2. The van der Waals surface area contributed by atoms with Crippen LogP contribution < -0.4 is 4.90 Å². The van der Waals surface area contributed by atoms with E-state index in [1.54, 1.807) is 6.20 Å². The molecular formula is C18H26N4. The molecule has 118 valence electrons. The zero-order chi connectivity index (χ0) is 15.6. The number of piperidine rings is 1. The fourth-order valence-electron chi connectivity index (χ4n) is 4.09. The number of hydrogen-bond acceptors (Lipinski definition) is 4. The maximum atomic E-state index is 8.88. The summed E-state index contributed by atoms with van der Waals surface area (Å²) in [6.45, 7) is 10.5. The van der Waals surface area contributed by atoms with Gasteiger partial charge in [-0.2, -0.15) is 5.26 Å². The number of aromatic nitrogens is 1.